The van der Waals surface area contributed by atoms with Gasteiger partial charge in [0.2, 0.25) is 11.8 Å². The van der Waals surface area contributed by atoms with Crippen LogP contribution in [0.15, 0.2) is 24.3 Å². The molecule has 1 N–H and O–H groups in total. The van der Waals surface area contributed by atoms with Crippen LogP contribution in [0, 0.1) is 5.92 Å². The number of benzene rings is 1. The second-order valence-corrected chi connectivity index (χ2v) is 7.36. The molecule has 1 unspecified atom stereocenters. The molecule has 1 heterocycles. The molecular weight excluding hydrogens is 300 g/mol. The zero-order chi connectivity index (χ0) is 17.7. The Kier molecular flexibility index (Phi) is 6.03. The van der Waals surface area contributed by atoms with Gasteiger partial charge in [0.15, 0.2) is 0 Å². The van der Waals surface area contributed by atoms with Gasteiger partial charge in [0.1, 0.15) is 5.54 Å². The summed E-state index contributed by atoms with van der Waals surface area (Å²) in [5.74, 6) is 0.590. The van der Waals surface area contributed by atoms with Crippen LogP contribution in [0.2, 0.25) is 0 Å². The highest BCUT2D eigenvalue weighted by Gasteiger charge is 2.46. The number of rotatable bonds is 7. The fourth-order valence-electron chi connectivity index (χ4n) is 3.12. The first-order valence-corrected chi connectivity index (χ1v) is 9.03. The molecule has 0 saturated carbocycles. The molecule has 1 aliphatic heterocycles. The summed E-state index contributed by atoms with van der Waals surface area (Å²) in [6, 6.07) is 8.30. The van der Waals surface area contributed by atoms with Crippen molar-refractivity contribution in [2.24, 2.45) is 5.92 Å². The lowest BCUT2D eigenvalue weighted by molar-refractivity contribution is -0.141. The van der Waals surface area contributed by atoms with E-state index in [4.69, 9.17) is 0 Å². The smallest absolute Gasteiger partial charge is 0.245 e. The molecular formula is C20H30N2O2. The van der Waals surface area contributed by atoms with Crippen molar-refractivity contribution in [2.75, 3.05) is 6.54 Å². The van der Waals surface area contributed by atoms with E-state index in [1.165, 1.54) is 5.56 Å². The summed E-state index contributed by atoms with van der Waals surface area (Å²) in [4.78, 5) is 26.8. The molecule has 1 atom stereocenters. The third-order valence-corrected chi connectivity index (χ3v) is 4.99. The maximum atomic E-state index is 12.7. The number of nitrogens with one attached hydrogen (secondary N) is 1. The third kappa shape index (κ3) is 4.16. The van der Waals surface area contributed by atoms with Crippen molar-refractivity contribution < 1.29 is 9.59 Å². The van der Waals surface area contributed by atoms with Gasteiger partial charge >= 0.3 is 0 Å². The number of amides is 2. The Bertz CT molecular complexity index is 580. The lowest BCUT2D eigenvalue weighted by atomic mass is 9.96. The van der Waals surface area contributed by atoms with Crippen LogP contribution < -0.4 is 5.32 Å². The van der Waals surface area contributed by atoms with Crippen LogP contribution >= 0.6 is 0 Å². The highest BCUT2D eigenvalue weighted by molar-refractivity contribution is 5.94. The molecule has 132 valence electrons. The summed E-state index contributed by atoms with van der Waals surface area (Å²) in [5, 5.41) is 3.02. The van der Waals surface area contributed by atoms with Crippen molar-refractivity contribution in [2.45, 2.75) is 65.5 Å². The largest absolute Gasteiger partial charge is 0.354 e. The SMILES string of the molecule is CCc1ccc(CN2C(=O)CCC2(C)C(=O)NCCC(C)C)cc1. The van der Waals surface area contributed by atoms with E-state index in [0.29, 0.717) is 31.8 Å². The van der Waals surface area contributed by atoms with Gasteiger partial charge in [0.05, 0.1) is 0 Å². The number of carbonyl (C=O) groups is 2. The van der Waals surface area contributed by atoms with E-state index in [9.17, 15) is 9.59 Å². The Labute approximate surface area is 145 Å². The van der Waals surface area contributed by atoms with E-state index in [1.807, 2.05) is 6.92 Å². The molecule has 1 aromatic rings. The van der Waals surface area contributed by atoms with E-state index < -0.39 is 5.54 Å². The molecule has 0 bridgehead atoms. The van der Waals surface area contributed by atoms with E-state index in [0.717, 1.165) is 18.4 Å². The Balaban J connectivity index is 2.07. The van der Waals surface area contributed by atoms with Crippen molar-refractivity contribution in [1.29, 1.82) is 0 Å². The number of aryl methyl sites for hydroxylation is 1. The molecule has 1 fully saturated rings. The third-order valence-electron chi connectivity index (χ3n) is 4.99. The molecule has 1 saturated heterocycles. The zero-order valence-corrected chi connectivity index (χ0v) is 15.4. The van der Waals surface area contributed by atoms with Crippen LogP contribution in [0.25, 0.3) is 0 Å². The van der Waals surface area contributed by atoms with Gasteiger partial charge in [0.25, 0.3) is 0 Å². The maximum absolute atomic E-state index is 12.7. The standard InChI is InChI=1S/C20H30N2O2/c1-5-16-6-8-17(9-7-16)14-22-18(23)10-12-20(22,4)19(24)21-13-11-15(2)3/h6-9,15H,5,10-14H2,1-4H3,(H,21,24). The van der Waals surface area contributed by atoms with Gasteiger partial charge in [-0.2, -0.15) is 0 Å². The zero-order valence-electron chi connectivity index (χ0n) is 15.4. The van der Waals surface area contributed by atoms with Crippen molar-refractivity contribution >= 4 is 11.8 Å². The van der Waals surface area contributed by atoms with Gasteiger partial charge in [-0.3, -0.25) is 9.59 Å². The first-order valence-electron chi connectivity index (χ1n) is 9.03. The molecule has 0 spiro atoms. The van der Waals surface area contributed by atoms with Crippen LogP contribution in [0.5, 0.6) is 0 Å². The van der Waals surface area contributed by atoms with Gasteiger partial charge < -0.3 is 10.2 Å². The van der Waals surface area contributed by atoms with Gasteiger partial charge in [0, 0.05) is 19.5 Å². The predicted molar refractivity (Wildman–Crippen MR) is 96.5 cm³/mol. The predicted octanol–water partition coefficient (Wildman–Crippen LogP) is 3.29. The van der Waals surface area contributed by atoms with Crippen molar-refractivity contribution in [1.82, 2.24) is 10.2 Å². The molecule has 0 aliphatic carbocycles. The van der Waals surface area contributed by atoms with Gasteiger partial charge in [-0.1, -0.05) is 45.0 Å². The van der Waals surface area contributed by atoms with Crippen molar-refractivity contribution in [3.05, 3.63) is 35.4 Å². The van der Waals surface area contributed by atoms with Crippen LogP contribution in [-0.2, 0) is 22.6 Å². The Morgan fingerprint density at radius 3 is 2.46 bits per heavy atom. The van der Waals surface area contributed by atoms with Crippen molar-refractivity contribution in [3.8, 4) is 0 Å². The van der Waals surface area contributed by atoms with Gasteiger partial charge in [-0.25, -0.2) is 0 Å². The van der Waals surface area contributed by atoms with E-state index in [2.05, 4.69) is 50.4 Å². The number of carbonyl (C=O) groups excluding carboxylic acids is 2. The number of likely N-dealkylation sites (tertiary alicyclic amines) is 1. The first kappa shape index (κ1) is 18.5. The Morgan fingerprint density at radius 1 is 1.25 bits per heavy atom. The Hall–Kier alpha value is -1.84. The average Bonchev–Trinajstić information content (AvgIpc) is 2.85. The van der Waals surface area contributed by atoms with Crippen LogP contribution in [0.1, 0.15) is 58.1 Å². The minimum absolute atomic E-state index is 0.0285. The monoisotopic (exact) mass is 330 g/mol. The average molecular weight is 330 g/mol. The molecule has 1 aromatic carbocycles. The van der Waals surface area contributed by atoms with E-state index in [1.54, 1.807) is 4.90 Å². The summed E-state index contributed by atoms with van der Waals surface area (Å²) in [6.07, 6.45) is 2.99. The first-order chi connectivity index (χ1) is 11.4. The highest BCUT2D eigenvalue weighted by Crippen LogP contribution is 2.32. The number of nitrogens with zero attached hydrogens (tertiary/aromatic N) is 1. The molecule has 0 aromatic heterocycles. The quantitative estimate of drug-likeness (QED) is 0.834. The topological polar surface area (TPSA) is 49.4 Å². The fraction of sp³-hybridized carbons (Fsp3) is 0.600. The molecule has 4 nitrogen and oxygen atoms in total. The lowest BCUT2D eigenvalue weighted by Gasteiger charge is -2.34. The molecule has 2 rings (SSSR count). The highest BCUT2D eigenvalue weighted by atomic mass is 16.2. The minimum atomic E-state index is -0.739. The lowest BCUT2D eigenvalue weighted by Crippen LogP contribution is -2.54. The number of hydrogen-bond acceptors (Lipinski definition) is 2. The minimum Gasteiger partial charge on any atom is -0.354 e. The second-order valence-electron chi connectivity index (χ2n) is 7.36. The van der Waals surface area contributed by atoms with Crippen LogP contribution in [0.3, 0.4) is 0 Å². The summed E-state index contributed by atoms with van der Waals surface area (Å²) in [7, 11) is 0. The Morgan fingerprint density at radius 2 is 1.88 bits per heavy atom. The molecule has 2 amide bonds. The van der Waals surface area contributed by atoms with E-state index >= 15 is 0 Å². The summed E-state index contributed by atoms with van der Waals surface area (Å²) in [6.45, 7) is 9.45. The van der Waals surface area contributed by atoms with Gasteiger partial charge in [-0.15, -0.1) is 0 Å². The molecule has 0 radical (unpaired) electrons. The molecule has 1 aliphatic rings. The number of hydrogen-bond donors (Lipinski definition) is 1. The fourth-order valence-corrected chi connectivity index (χ4v) is 3.12. The normalized spacial score (nSPS) is 20.7. The summed E-state index contributed by atoms with van der Waals surface area (Å²) < 4.78 is 0. The second kappa shape index (κ2) is 7.82. The van der Waals surface area contributed by atoms with E-state index in [-0.39, 0.29) is 11.8 Å². The summed E-state index contributed by atoms with van der Waals surface area (Å²) >= 11 is 0. The van der Waals surface area contributed by atoms with Crippen molar-refractivity contribution in [3.63, 3.8) is 0 Å². The van der Waals surface area contributed by atoms with Crippen LogP contribution in [0.4, 0.5) is 0 Å². The summed E-state index contributed by atoms with van der Waals surface area (Å²) in [5.41, 5.74) is 1.61. The molecule has 4 heteroatoms. The van der Waals surface area contributed by atoms with Gasteiger partial charge in [-0.05, 0) is 43.2 Å². The maximum Gasteiger partial charge on any atom is 0.245 e. The van der Waals surface area contributed by atoms with Crippen LogP contribution in [-0.4, -0.2) is 28.8 Å². The molecule has 24 heavy (non-hydrogen) atoms.